The molecule has 0 spiro atoms. The summed E-state index contributed by atoms with van der Waals surface area (Å²) in [6, 6.07) is 1.53. The van der Waals surface area contributed by atoms with Gasteiger partial charge in [0.1, 0.15) is 17.5 Å². The molecule has 0 bridgehead atoms. The topological polar surface area (TPSA) is 52.3 Å². The number of esters is 1. The van der Waals surface area contributed by atoms with Gasteiger partial charge in [0.25, 0.3) is 0 Å². The van der Waals surface area contributed by atoms with E-state index in [-0.39, 0.29) is 29.7 Å². The summed E-state index contributed by atoms with van der Waals surface area (Å²) in [6.07, 6.45) is -1.71. The number of hydrogen-bond acceptors (Lipinski definition) is 3. The summed E-state index contributed by atoms with van der Waals surface area (Å²) in [4.78, 5) is 11.7. The number of ether oxygens (including phenoxy) is 1. The van der Waals surface area contributed by atoms with Gasteiger partial charge in [-0.2, -0.15) is 13.2 Å². The molecule has 2 aromatic carbocycles. The Kier molecular flexibility index (Phi) is 8.49. The Balaban J connectivity index is 2.70. The minimum atomic E-state index is -5.11. The summed E-state index contributed by atoms with van der Waals surface area (Å²) in [5.41, 5.74) is 3.05. The zero-order chi connectivity index (χ0) is 24.1. The van der Waals surface area contributed by atoms with Crippen molar-refractivity contribution < 1.29 is 35.9 Å². The van der Waals surface area contributed by atoms with E-state index in [1.165, 1.54) is 6.92 Å². The molecule has 0 amide bonds. The van der Waals surface area contributed by atoms with Crippen molar-refractivity contribution >= 4 is 5.97 Å². The highest BCUT2D eigenvalue weighted by Gasteiger charge is 2.37. The van der Waals surface area contributed by atoms with Crippen molar-refractivity contribution in [3.63, 3.8) is 0 Å². The number of halogens is 6. The Morgan fingerprint density at radius 3 is 2.44 bits per heavy atom. The number of allylic oxidation sites excluding steroid dienone is 2. The number of rotatable bonds is 8. The molecule has 0 saturated heterocycles. The van der Waals surface area contributed by atoms with Crippen LogP contribution in [-0.4, -0.2) is 12.6 Å². The lowest BCUT2D eigenvalue weighted by molar-refractivity contribution is -0.143. The summed E-state index contributed by atoms with van der Waals surface area (Å²) < 4.78 is 88.7. The Morgan fingerprint density at radius 2 is 1.84 bits per heavy atom. The monoisotopic (exact) mass is 459 g/mol. The second-order valence-corrected chi connectivity index (χ2v) is 7.07. The SMILES string of the molecule is CC=CCCc1cc(F)cc(F)c1-c1cc([C@@H](N)CC(=O)OCC)c(F)c(C(F)(F)F)c1. The highest BCUT2D eigenvalue weighted by molar-refractivity contribution is 5.72. The van der Waals surface area contributed by atoms with E-state index in [1.54, 1.807) is 19.1 Å². The van der Waals surface area contributed by atoms with Gasteiger partial charge in [-0.1, -0.05) is 12.2 Å². The van der Waals surface area contributed by atoms with Gasteiger partial charge >= 0.3 is 12.1 Å². The van der Waals surface area contributed by atoms with Crippen LogP contribution in [0.15, 0.2) is 36.4 Å². The third kappa shape index (κ3) is 6.12. The predicted molar refractivity (Wildman–Crippen MR) is 108 cm³/mol. The highest BCUT2D eigenvalue weighted by atomic mass is 19.4. The van der Waals surface area contributed by atoms with Crippen molar-refractivity contribution in [3.05, 3.63) is 70.6 Å². The first-order chi connectivity index (χ1) is 15.0. The lowest BCUT2D eigenvalue weighted by Crippen LogP contribution is -2.21. The van der Waals surface area contributed by atoms with Crippen LogP contribution in [-0.2, 0) is 22.1 Å². The van der Waals surface area contributed by atoms with E-state index >= 15 is 0 Å². The third-order valence-corrected chi connectivity index (χ3v) is 4.74. The quantitative estimate of drug-likeness (QED) is 0.288. The van der Waals surface area contributed by atoms with Gasteiger partial charge < -0.3 is 10.5 Å². The summed E-state index contributed by atoms with van der Waals surface area (Å²) in [5.74, 6) is -4.46. The molecule has 1 atom stereocenters. The molecule has 2 aromatic rings. The summed E-state index contributed by atoms with van der Waals surface area (Å²) >= 11 is 0. The average molecular weight is 459 g/mol. The zero-order valence-corrected chi connectivity index (χ0v) is 17.5. The predicted octanol–water partition coefficient (Wildman–Crippen LogP) is 6.25. The number of benzene rings is 2. The molecule has 0 fully saturated rings. The van der Waals surface area contributed by atoms with Crippen molar-refractivity contribution in [1.82, 2.24) is 0 Å². The van der Waals surface area contributed by atoms with Gasteiger partial charge in [0, 0.05) is 23.2 Å². The summed E-state index contributed by atoms with van der Waals surface area (Å²) in [5, 5.41) is 0. The standard InChI is InChI=1S/C23H23F6NO2/c1-3-5-6-7-13-8-15(24)11-18(25)21(13)14-9-16(19(30)12-20(31)32-4-2)22(26)17(10-14)23(27,28)29/h3,5,8-11,19H,4,6-7,12,30H2,1-2H3/t19-/m0/s1. The molecule has 0 unspecified atom stereocenters. The van der Waals surface area contributed by atoms with E-state index in [2.05, 4.69) is 0 Å². The normalized spacial score (nSPS) is 12.9. The van der Waals surface area contributed by atoms with Crippen molar-refractivity contribution in [2.75, 3.05) is 6.61 Å². The van der Waals surface area contributed by atoms with Gasteiger partial charge in [-0.15, -0.1) is 0 Å². The molecule has 174 valence electrons. The molecule has 3 nitrogen and oxygen atoms in total. The maximum Gasteiger partial charge on any atom is 0.419 e. The van der Waals surface area contributed by atoms with E-state index in [0.717, 1.165) is 12.1 Å². The molecule has 0 aromatic heterocycles. The van der Waals surface area contributed by atoms with Crippen LogP contribution in [0.1, 0.15) is 49.4 Å². The van der Waals surface area contributed by atoms with Crippen LogP contribution in [0.3, 0.4) is 0 Å². The van der Waals surface area contributed by atoms with Gasteiger partial charge in [-0.25, -0.2) is 13.2 Å². The first-order valence-electron chi connectivity index (χ1n) is 9.90. The number of alkyl halides is 3. The second-order valence-electron chi connectivity index (χ2n) is 7.07. The second kappa shape index (κ2) is 10.7. The van der Waals surface area contributed by atoms with E-state index < -0.39 is 53.2 Å². The van der Waals surface area contributed by atoms with Gasteiger partial charge in [0.05, 0.1) is 18.6 Å². The first-order valence-corrected chi connectivity index (χ1v) is 9.90. The fraction of sp³-hybridized carbons (Fsp3) is 0.348. The molecule has 0 aliphatic heterocycles. The molecule has 2 N–H and O–H groups in total. The molecule has 2 rings (SSSR count). The van der Waals surface area contributed by atoms with Crippen molar-refractivity contribution in [1.29, 1.82) is 0 Å². The molecule has 32 heavy (non-hydrogen) atoms. The van der Waals surface area contributed by atoms with Crippen molar-refractivity contribution in [2.24, 2.45) is 5.73 Å². The van der Waals surface area contributed by atoms with Gasteiger partial charge in [-0.3, -0.25) is 4.79 Å². The fourth-order valence-electron chi connectivity index (χ4n) is 3.33. The minimum Gasteiger partial charge on any atom is -0.466 e. The Bertz CT molecular complexity index is 1000. The fourth-order valence-corrected chi connectivity index (χ4v) is 3.33. The lowest BCUT2D eigenvalue weighted by atomic mass is 9.90. The number of carbonyl (C=O) groups excluding carboxylic acids is 1. The van der Waals surface area contributed by atoms with Crippen LogP contribution < -0.4 is 5.73 Å². The van der Waals surface area contributed by atoms with E-state index in [0.29, 0.717) is 18.6 Å². The van der Waals surface area contributed by atoms with Crippen LogP contribution in [0.2, 0.25) is 0 Å². The van der Waals surface area contributed by atoms with Crippen molar-refractivity contribution in [2.45, 2.75) is 45.3 Å². The van der Waals surface area contributed by atoms with Crippen LogP contribution in [0.5, 0.6) is 0 Å². The molecule has 0 aliphatic rings. The van der Waals surface area contributed by atoms with Gasteiger partial charge in [0.15, 0.2) is 0 Å². The number of nitrogens with two attached hydrogens (primary N) is 1. The van der Waals surface area contributed by atoms with E-state index in [9.17, 15) is 31.1 Å². The lowest BCUT2D eigenvalue weighted by Gasteiger charge is -2.19. The van der Waals surface area contributed by atoms with E-state index in [4.69, 9.17) is 10.5 Å². The maximum atomic E-state index is 14.7. The van der Waals surface area contributed by atoms with Gasteiger partial charge in [0.2, 0.25) is 0 Å². The van der Waals surface area contributed by atoms with Gasteiger partial charge in [-0.05, 0) is 56.0 Å². The molecule has 0 saturated carbocycles. The Labute approximate surface area is 181 Å². The molecule has 0 radical (unpaired) electrons. The number of aryl methyl sites for hydroxylation is 1. The van der Waals surface area contributed by atoms with Crippen molar-refractivity contribution in [3.8, 4) is 11.1 Å². The number of carbonyl (C=O) groups is 1. The average Bonchev–Trinajstić information content (AvgIpc) is 2.67. The summed E-state index contributed by atoms with van der Waals surface area (Å²) in [6.45, 7) is 3.29. The number of hydrogen-bond donors (Lipinski definition) is 1. The Hall–Kier alpha value is -2.81. The molecule has 0 aliphatic carbocycles. The van der Waals surface area contributed by atoms with Crippen LogP contribution >= 0.6 is 0 Å². The molecular weight excluding hydrogens is 436 g/mol. The van der Waals surface area contributed by atoms with Crippen LogP contribution in [0.25, 0.3) is 11.1 Å². The van der Waals surface area contributed by atoms with Crippen LogP contribution in [0.4, 0.5) is 26.3 Å². The smallest absolute Gasteiger partial charge is 0.419 e. The van der Waals surface area contributed by atoms with E-state index in [1.807, 2.05) is 0 Å². The largest absolute Gasteiger partial charge is 0.466 e. The highest BCUT2D eigenvalue weighted by Crippen LogP contribution is 2.39. The molecule has 9 heteroatoms. The molecular formula is C23H23F6NO2. The first kappa shape index (κ1) is 25.5. The molecule has 0 heterocycles. The summed E-state index contributed by atoms with van der Waals surface area (Å²) in [7, 11) is 0. The minimum absolute atomic E-state index is 0.0121. The zero-order valence-electron chi connectivity index (χ0n) is 17.5. The Morgan fingerprint density at radius 1 is 1.16 bits per heavy atom. The van der Waals surface area contributed by atoms with Crippen LogP contribution in [0, 0.1) is 17.5 Å². The maximum absolute atomic E-state index is 14.7. The third-order valence-electron chi connectivity index (χ3n) is 4.74.